The lowest BCUT2D eigenvalue weighted by Gasteiger charge is -2.44. The van der Waals surface area contributed by atoms with E-state index in [4.69, 9.17) is 24.7 Å². The Bertz CT molecular complexity index is 600. The predicted molar refractivity (Wildman–Crippen MR) is 140 cm³/mol. The molecule has 6 heteroatoms. The van der Waals surface area contributed by atoms with Gasteiger partial charge in [0.2, 0.25) is 5.79 Å². The fraction of sp³-hybridized carbons (Fsp3) is 1.00. The molecule has 0 spiro atoms. The van der Waals surface area contributed by atoms with Crippen LogP contribution in [0.25, 0.3) is 0 Å². The summed E-state index contributed by atoms with van der Waals surface area (Å²) in [7, 11) is 0. The highest BCUT2D eigenvalue weighted by molar-refractivity contribution is 5.08. The lowest BCUT2D eigenvalue weighted by molar-refractivity contribution is -0.311. The van der Waals surface area contributed by atoms with Crippen LogP contribution in [0.15, 0.2) is 0 Å². The van der Waals surface area contributed by atoms with Crippen LogP contribution >= 0.6 is 0 Å². The fourth-order valence-electron chi connectivity index (χ4n) is 6.69. The summed E-state index contributed by atoms with van der Waals surface area (Å²) in [6.07, 6.45) is 16.8. The lowest BCUT2D eigenvalue weighted by atomic mass is 9.72. The number of hydrogen-bond acceptors (Lipinski definition) is 6. The highest BCUT2D eigenvalue weighted by atomic mass is 16.9. The second kappa shape index (κ2) is 14.1. The highest BCUT2D eigenvalue weighted by Crippen LogP contribution is 2.52. The Morgan fingerprint density at radius 2 is 1.57 bits per heavy atom. The third-order valence-corrected chi connectivity index (χ3v) is 8.46. The zero-order valence-corrected chi connectivity index (χ0v) is 23.1. The van der Waals surface area contributed by atoms with Crippen LogP contribution in [-0.2, 0) is 18.9 Å². The Morgan fingerprint density at radius 1 is 0.943 bits per heavy atom. The van der Waals surface area contributed by atoms with Crippen LogP contribution in [-0.4, -0.2) is 54.2 Å². The number of aliphatic hydroxyl groups is 1. The maximum atomic E-state index is 10.9. The van der Waals surface area contributed by atoms with Gasteiger partial charge in [0.25, 0.3) is 0 Å². The van der Waals surface area contributed by atoms with Gasteiger partial charge in [-0.1, -0.05) is 84.0 Å². The normalized spacial score (nSPS) is 35.3. The molecule has 1 aliphatic carbocycles. The van der Waals surface area contributed by atoms with Gasteiger partial charge in [0, 0.05) is 6.61 Å². The molecule has 0 aromatic rings. The first-order valence-corrected chi connectivity index (χ1v) is 14.9. The van der Waals surface area contributed by atoms with E-state index in [1.165, 1.54) is 77.0 Å². The SMILES string of the molecule is CCCCCCCCCCCCOC(C1CCCCC1CCN)[C@@]12O[C@@H](C)[C@@H](O)[C@@H]1OC(C)(C)O2. The van der Waals surface area contributed by atoms with Crippen molar-refractivity contribution in [3.05, 3.63) is 0 Å². The second-order valence-corrected chi connectivity index (χ2v) is 11.8. The molecule has 3 rings (SSSR count). The van der Waals surface area contributed by atoms with Gasteiger partial charge in [-0.3, -0.25) is 0 Å². The molecule has 2 heterocycles. The first-order chi connectivity index (χ1) is 16.8. The summed E-state index contributed by atoms with van der Waals surface area (Å²) in [6, 6.07) is 0. The Morgan fingerprint density at radius 3 is 2.23 bits per heavy atom. The van der Waals surface area contributed by atoms with Crippen molar-refractivity contribution in [1.29, 1.82) is 0 Å². The van der Waals surface area contributed by atoms with Crippen LogP contribution in [0.3, 0.4) is 0 Å². The van der Waals surface area contributed by atoms with Crippen molar-refractivity contribution < 1.29 is 24.1 Å². The Hall–Kier alpha value is -0.240. The molecule has 35 heavy (non-hydrogen) atoms. The maximum absolute atomic E-state index is 10.9. The van der Waals surface area contributed by atoms with Gasteiger partial charge in [0.15, 0.2) is 5.79 Å². The van der Waals surface area contributed by atoms with Crippen molar-refractivity contribution in [2.24, 2.45) is 17.6 Å². The summed E-state index contributed by atoms with van der Waals surface area (Å²) in [4.78, 5) is 0. The Balaban J connectivity index is 1.60. The maximum Gasteiger partial charge on any atom is 0.227 e. The molecule has 3 aliphatic rings. The van der Waals surface area contributed by atoms with Gasteiger partial charge >= 0.3 is 0 Å². The van der Waals surface area contributed by atoms with Crippen LogP contribution in [0, 0.1) is 11.8 Å². The van der Waals surface area contributed by atoms with E-state index in [0.717, 1.165) is 19.3 Å². The summed E-state index contributed by atoms with van der Waals surface area (Å²) in [6.45, 7) is 9.37. The standard InChI is InChI=1S/C29H55NO5/c1-5-6-7-8-9-10-11-12-13-16-21-32-26(24-18-15-14-17-23(24)19-20-30)29-27(25(31)22(2)33-29)34-28(3,4)35-29/h22-27,31H,5-21,30H2,1-4H3/t22-,23?,24?,25+,26?,27-,29-/m0/s1. The van der Waals surface area contributed by atoms with E-state index in [-0.39, 0.29) is 12.2 Å². The first kappa shape index (κ1) is 29.3. The number of rotatable bonds is 16. The smallest absolute Gasteiger partial charge is 0.227 e. The molecule has 6 nitrogen and oxygen atoms in total. The fourth-order valence-corrected chi connectivity index (χ4v) is 6.69. The minimum absolute atomic E-state index is 0.260. The zero-order valence-electron chi connectivity index (χ0n) is 23.1. The molecular formula is C29H55NO5. The minimum atomic E-state index is -1.06. The Kier molecular flexibility index (Phi) is 11.8. The van der Waals surface area contributed by atoms with Crippen molar-refractivity contribution in [3.63, 3.8) is 0 Å². The van der Waals surface area contributed by atoms with Crippen LogP contribution in [0.1, 0.15) is 124 Å². The molecule has 7 atom stereocenters. The highest BCUT2D eigenvalue weighted by Gasteiger charge is 2.69. The summed E-state index contributed by atoms with van der Waals surface area (Å²) < 4.78 is 25.9. The third kappa shape index (κ3) is 7.64. The largest absolute Gasteiger partial charge is 0.387 e. The van der Waals surface area contributed by atoms with E-state index >= 15 is 0 Å². The molecule has 3 unspecified atom stereocenters. The van der Waals surface area contributed by atoms with E-state index in [1.54, 1.807) is 0 Å². The molecule has 0 aromatic carbocycles. The van der Waals surface area contributed by atoms with Gasteiger partial charge in [-0.25, -0.2) is 0 Å². The number of unbranched alkanes of at least 4 members (excludes halogenated alkanes) is 9. The van der Waals surface area contributed by atoms with Crippen molar-refractivity contribution in [2.75, 3.05) is 13.2 Å². The molecule has 0 aromatic heterocycles. The lowest BCUT2D eigenvalue weighted by Crippen LogP contribution is -2.57. The molecule has 3 N–H and O–H groups in total. The second-order valence-electron chi connectivity index (χ2n) is 11.8. The summed E-state index contributed by atoms with van der Waals surface area (Å²) >= 11 is 0. The van der Waals surface area contributed by atoms with E-state index in [1.807, 2.05) is 20.8 Å². The number of fused-ring (bicyclic) bond motifs is 1. The summed E-state index contributed by atoms with van der Waals surface area (Å²) in [5.74, 6) is -1.09. The molecule has 2 saturated heterocycles. The average Bonchev–Trinajstić information content (AvgIpc) is 3.22. The van der Waals surface area contributed by atoms with Gasteiger partial charge < -0.3 is 29.8 Å². The van der Waals surface area contributed by atoms with Gasteiger partial charge in [0.05, 0.1) is 6.10 Å². The van der Waals surface area contributed by atoms with Crippen molar-refractivity contribution in [2.45, 2.75) is 160 Å². The molecule has 2 aliphatic heterocycles. The number of hydrogen-bond donors (Lipinski definition) is 2. The molecule has 3 fully saturated rings. The number of aliphatic hydroxyl groups excluding tert-OH is 1. The van der Waals surface area contributed by atoms with Gasteiger partial charge in [0.1, 0.15) is 18.3 Å². The minimum Gasteiger partial charge on any atom is -0.387 e. The quantitative estimate of drug-likeness (QED) is 0.252. The first-order valence-electron chi connectivity index (χ1n) is 14.9. The van der Waals surface area contributed by atoms with Crippen molar-refractivity contribution in [1.82, 2.24) is 0 Å². The summed E-state index contributed by atoms with van der Waals surface area (Å²) in [5, 5.41) is 10.9. The van der Waals surface area contributed by atoms with Gasteiger partial charge in [-0.2, -0.15) is 0 Å². The van der Waals surface area contributed by atoms with Crippen LogP contribution in [0.2, 0.25) is 0 Å². The molecule has 0 amide bonds. The molecule has 0 bridgehead atoms. The molecular weight excluding hydrogens is 442 g/mol. The predicted octanol–water partition coefficient (Wildman–Crippen LogP) is 6.08. The molecule has 0 radical (unpaired) electrons. The summed E-state index contributed by atoms with van der Waals surface area (Å²) in [5.41, 5.74) is 6.01. The third-order valence-electron chi connectivity index (χ3n) is 8.46. The van der Waals surface area contributed by atoms with Crippen LogP contribution in [0.5, 0.6) is 0 Å². The molecule has 1 saturated carbocycles. The van der Waals surface area contributed by atoms with Crippen LogP contribution in [0.4, 0.5) is 0 Å². The van der Waals surface area contributed by atoms with Crippen molar-refractivity contribution >= 4 is 0 Å². The Labute approximate surface area is 215 Å². The van der Waals surface area contributed by atoms with E-state index in [0.29, 0.717) is 25.0 Å². The van der Waals surface area contributed by atoms with Gasteiger partial charge in [-0.05, 0) is 58.4 Å². The number of ether oxygens (including phenoxy) is 4. The van der Waals surface area contributed by atoms with E-state index in [9.17, 15) is 5.11 Å². The van der Waals surface area contributed by atoms with E-state index in [2.05, 4.69) is 6.92 Å². The zero-order chi connectivity index (χ0) is 25.3. The van der Waals surface area contributed by atoms with Crippen LogP contribution < -0.4 is 5.73 Å². The van der Waals surface area contributed by atoms with Crippen molar-refractivity contribution in [3.8, 4) is 0 Å². The van der Waals surface area contributed by atoms with Gasteiger partial charge in [-0.15, -0.1) is 0 Å². The van der Waals surface area contributed by atoms with E-state index < -0.39 is 23.8 Å². The number of nitrogens with two attached hydrogens (primary N) is 1. The molecule has 206 valence electrons. The topological polar surface area (TPSA) is 83.2 Å². The average molecular weight is 498 g/mol. The monoisotopic (exact) mass is 497 g/mol.